The smallest absolute Gasteiger partial charge is 0.165 e. The topological polar surface area (TPSA) is 149 Å². The first-order chi connectivity index (χ1) is 15.8. The lowest BCUT2D eigenvalue weighted by Crippen LogP contribution is -2.37. The summed E-state index contributed by atoms with van der Waals surface area (Å²) in [6.07, 6.45) is 10.9. The fourth-order valence-electron chi connectivity index (χ4n) is 4.61. The summed E-state index contributed by atoms with van der Waals surface area (Å²) in [5.74, 6) is 0.0154. The van der Waals surface area contributed by atoms with Gasteiger partial charge in [-0.15, -0.1) is 0 Å². The fraction of sp³-hybridized carbons (Fsp3) is 0.409. The van der Waals surface area contributed by atoms with Gasteiger partial charge < -0.3 is 15.9 Å². The molecule has 4 heterocycles. The highest BCUT2D eigenvalue weighted by Crippen LogP contribution is 2.40. The van der Waals surface area contributed by atoms with Crippen LogP contribution in [-0.2, 0) is 7.05 Å². The first-order valence-electron chi connectivity index (χ1n) is 10.8. The van der Waals surface area contributed by atoms with Crippen molar-refractivity contribution < 1.29 is 15.0 Å². The molecule has 1 aliphatic rings. The highest BCUT2D eigenvalue weighted by molar-refractivity contribution is 6.00. The molecule has 4 aromatic heterocycles. The Bertz CT molecular complexity index is 1340. The fourth-order valence-corrected chi connectivity index (χ4v) is 4.61. The number of nitrogen functional groups attached to an aromatic ring is 1. The van der Waals surface area contributed by atoms with E-state index in [0.717, 1.165) is 16.8 Å². The van der Waals surface area contributed by atoms with E-state index in [1.54, 1.807) is 28.0 Å². The second kappa shape index (κ2) is 7.78. The molecule has 11 nitrogen and oxygen atoms in total. The third kappa shape index (κ3) is 3.58. The van der Waals surface area contributed by atoms with E-state index in [2.05, 4.69) is 15.3 Å². The van der Waals surface area contributed by atoms with Gasteiger partial charge in [-0.3, -0.25) is 9.48 Å². The largest absolute Gasteiger partial charge is 0.393 e. The van der Waals surface area contributed by atoms with Crippen molar-refractivity contribution in [3.05, 3.63) is 42.2 Å². The molecular weight excluding hydrogens is 424 g/mol. The molecule has 0 unspecified atom stereocenters. The summed E-state index contributed by atoms with van der Waals surface area (Å²) < 4.78 is 4.91. The van der Waals surface area contributed by atoms with E-state index in [4.69, 9.17) is 10.7 Å². The van der Waals surface area contributed by atoms with Crippen molar-refractivity contribution in [1.29, 1.82) is 0 Å². The Morgan fingerprint density at radius 2 is 1.94 bits per heavy atom. The molecule has 5 rings (SSSR count). The quantitative estimate of drug-likeness (QED) is 0.387. The van der Waals surface area contributed by atoms with Gasteiger partial charge in [0.25, 0.3) is 0 Å². The lowest BCUT2D eigenvalue weighted by atomic mass is 9.77. The van der Waals surface area contributed by atoms with Gasteiger partial charge in [0.05, 0.1) is 48.3 Å². The third-order valence-corrected chi connectivity index (χ3v) is 6.51. The highest BCUT2D eigenvalue weighted by Gasteiger charge is 2.36. The number of rotatable bonds is 5. The van der Waals surface area contributed by atoms with Crippen LogP contribution in [0.15, 0.2) is 31.0 Å². The Kier molecular flexibility index (Phi) is 5.02. The van der Waals surface area contributed by atoms with E-state index in [1.807, 2.05) is 19.4 Å². The number of carbonyl (C=O) groups is 1. The van der Waals surface area contributed by atoms with Gasteiger partial charge in [0.1, 0.15) is 11.5 Å². The van der Waals surface area contributed by atoms with Crippen LogP contribution in [0.2, 0.25) is 0 Å². The molecule has 0 aromatic carbocycles. The van der Waals surface area contributed by atoms with Crippen LogP contribution >= 0.6 is 0 Å². The van der Waals surface area contributed by atoms with Gasteiger partial charge in [-0.25, -0.2) is 9.67 Å². The Morgan fingerprint density at radius 1 is 1.18 bits per heavy atom. The third-order valence-electron chi connectivity index (χ3n) is 6.51. The standard InChI is InChI=1S/C22H26N8O3/c1-13(32)18-19(14-3-5-22(33,12-31)6-4-14)27-21-17(9-26-30(21)20(18)23)15-7-25-29(10-15)16-8-24-28(2)11-16/h7-11,14,31,33H,3-6,12,23H2,1-2H3. The van der Waals surface area contributed by atoms with Gasteiger partial charge in [-0.2, -0.15) is 19.8 Å². The number of anilines is 1. The molecule has 33 heavy (non-hydrogen) atoms. The number of aliphatic hydroxyl groups is 2. The van der Waals surface area contributed by atoms with Crippen molar-refractivity contribution in [3.8, 4) is 16.8 Å². The van der Waals surface area contributed by atoms with Crippen molar-refractivity contribution in [2.24, 2.45) is 7.05 Å². The first kappa shape index (κ1) is 21.3. The number of Topliss-reactive ketones (excluding diaryl/α,β-unsaturated/α-hetero) is 1. The Balaban J connectivity index is 1.59. The molecule has 11 heteroatoms. The Morgan fingerprint density at radius 3 is 2.58 bits per heavy atom. The summed E-state index contributed by atoms with van der Waals surface area (Å²) in [6, 6.07) is 0. The monoisotopic (exact) mass is 450 g/mol. The summed E-state index contributed by atoms with van der Waals surface area (Å²) in [5.41, 5.74) is 9.24. The molecule has 0 spiro atoms. The van der Waals surface area contributed by atoms with Gasteiger partial charge in [-0.1, -0.05) is 0 Å². The van der Waals surface area contributed by atoms with Gasteiger partial charge >= 0.3 is 0 Å². The van der Waals surface area contributed by atoms with Gasteiger partial charge in [0, 0.05) is 30.3 Å². The van der Waals surface area contributed by atoms with Crippen molar-refractivity contribution >= 4 is 17.2 Å². The molecule has 0 radical (unpaired) electrons. The van der Waals surface area contributed by atoms with Crippen molar-refractivity contribution in [1.82, 2.24) is 34.2 Å². The number of hydrogen-bond acceptors (Lipinski definition) is 8. The number of aryl methyl sites for hydroxylation is 1. The summed E-state index contributed by atoms with van der Waals surface area (Å²) in [4.78, 5) is 17.4. The van der Waals surface area contributed by atoms with Crippen LogP contribution in [0.3, 0.4) is 0 Å². The molecule has 0 bridgehead atoms. The molecular formula is C22H26N8O3. The minimum atomic E-state index is -1.08. The number of fused-ring (bicyclic) bond motifs is 1. The van der Waals surface area contributed by atoms with E-state index < -0.39 is 5.60 Å². The molecule has 1 aliphatic carbocycles. The predicted molar refractivity (Wildman–Crippen MR) is 120 cm³/mol. The molecule has 4 aromatic rings. The van der Waals surface area contributed by atoms with Crippen molar-refractivity contribution in [2.45, 2.75) is 44.1 Å². The number of aliphatic hydroxyl groups excluding tert-OH is 1. The molecule has 4 N–H and O–H groups in total. The maximum atomic E-state index is 12.5. The zero-order chi connectivity index (χ0) is 23.3. The van der Waals surface area contributed by atoms with Gasteiger partial charge in [-0.05, 0) is 32.6 Å². The highest BCUT2D eigenvalue weighted by atomic mass is 16.3. The van der Waals surface area contributed by atoms with Crippen LogP contribution in [0, 0.1) is 0 Å². The zero-order valence-corrected chi connectivity index (χ0v) is 18.5. The SMILES string of the molecule is CC(=O)c1c(C2CCC(O)(CO)CC2)nc2c(-c3cnn(-c4cnn(C)c4)c3)cnn2c1N. The average Bonchev–Trinajstić information content (AvgIpc) is 3.53. The number of nitrogens with zero attached hydrogens (tertiary/aromatic N) is 7. The van der Waals surface area contributed by atoms with Crippen LogP contribution < -0.4 is 5.73 Å². The molecule has 0 saturated heterocycles. The maximum Gasteiger partial charge on any atom is 0.165 e. The van der Waals surface area contributed by atoms with Crippen molar-refractivity contribution in [2.75, 3.05) is 12.3 Å². The number of carbonyl (C=O) groups excluding carboxylic acids is 1. The summed E-state index contributed by atoms with van der Waals surface area (Å²) in [7, 11) is 1.84. The normalized spacial score (nSPS) is 21.0. The minimum Gasteiger partial charge on any atom is -0.393 e. The molecule has 0 atom stereocenters. The molecule has 1 saturated carbocycles. The summed E-state index contributed by atoms with van der Waals surface area (Å²) in [6.45, 7) is 1.19. The molecule has 0 aliphatic heterocycles. The lowest BCUT2D eigenvalue weighted by Gasteiger charge is -2.34. The number of hydrogen-bond donors (Lipinski definition) is 3. The lowest BCUT2D eigenvalue weighted by molar-refractivity contribution is -0.0458. The number of ketones is 1. The molecule has 172 valence electrons. The second-order valence-electron chi connectivity index (χ2n) is 8.81. The molecule has 1 fully saturated rings. The van der Waals surface area contributed by atoms with E-state index in [1.165, 1.54) is 11.4 Å². The van der Waals surface area contributed by atoms with Gasteiger partial charge in [0.2, 0.25) is 0 Å². The van der Waals surface area contributed by atoms with E-state index >= 15 is 0 Å². The first-order valence-corrected chi connectivity index (χ1v) is 10.8. The van der Waals surface area contributed by atoms with Crippen LogP contribution in [0.5, 0.6) is 0 Å². The predicted octanol–water partition coefficient (Wildman–Crippen LogP) is 1.48. The maximum absolute atomic E-state index is 12.5. The van der Waals surface area contributed by atoms with Gasteiger partial charge in [0.15, 0.2) is 11.4 Å². The summed E-state index contributed by atoms with van der Waals surface area (Å²) in [5, 5.41) is 32.9. The Hall–Kier alpha value is -3.57. The van der Waals surface area contributed by atoms with E-state index in [9.17, 15) is 15.0 Å². The summed E-state index contributed by atoms with van der Waals surface area (Å²) >= 11 is 0. The van der Waals surface area contributed by atoms with Crippen LogP contribution in [-0.4, -0.2) is 62.4 Å². The van der Waals surface area contributed by atoms with Crippen molar-refractivity contribution in [3.63, 3.8) is 0 Å². The Labute approximate surface area is 189 Å². The van der Waals surface area contributed by atoms with Crippen LogP contribution in [0.4, 0.5) is 5.82 Å². The zero-order valence-electron chi connectivity index (χ0n) is 18.5. The van der Waals surface area contributed by atoms with Crippen LogP contribution in [0.1, 0.15) is 54.6 Å². The number of aromatic nitrogens is 7. The van der Waals surface area contributed by atoms with E-state index in [0.29, 0.717) is 42.6 Å². The minimum absolute atomic E-state index is 0.0520. The van der Waals surface area contributed by atoms with Crippen LogP contribution in [0.25, 0.3) is 22.5 Å². The van der Waals surface area contributed by atoms with E-state index in [-0.39, 0.29) is 24.1 Å². The second-order valence-corrected chi connectivity index (χ2v) is 8.81. The molecule has 0 amide bonds. The average molecular weight is 451 g/mol. The number of nitrogens with two attached hydrogens (primary N) is 1.